The highest BCUT2D eigenvalue weighted by Crippen LogP contribution is 2.14. The molecule has 1 aromatic carbocycles. The lowest BCUT2D eigenvalue weighted by atomic mass is 10.3. The van der Waals surface area contributed by atoms with Crippen molar-refractivity contribution in [1.82, 2.24) is 0 Å². The van der Waals surface area contributed by atoms with Gasteiger partial charge in [-0.25, -0.2) is 0 Å². The maximum atomic E-state index is 10.9. The molecule has 0 radical (unpaired) electrons. The number of hydrogen-bond donors (Lipinski definition) is 0. The van der Waals surface area contributed by atoms with Crippen molar-refractivity contribution in [2.75, 3.05) is 19.8 Å². The molecule has 1 rings (SSSR count). The zero-order chi connectivity index (χ0) is 15.0. The van der Waals surface area contributed by atoms with Gasteiger partial charge in [0, 0.05) is 31.9 Å². The highest BCUT2D eigenvalue weighted by molar-refractivity contribution is 6.75. The molecule has 0 atom stereocenters. The summed E-state index contributed by atoms with van der Waals surface area (Å²) in [7, 11) is -2.87. The van der Waals surface area contributed by atoms with E-state index in [1.54, 1.807) is 12.1 Å². The fourth-order valence-corrected chi connectivity index (χ4v) is 4.30. The van der Waals surface area contributed by atoms with Gasteiger partial charge in [-0.1, -0.05) is 12.1 Å². The second-order valence-corrected chi connectivity index (χ2v) is 6.53. The Hall–Kier alpha value is -1.21. The molecule has 0 N–H and O–H groups in total. The molecule has 0 saturated heterocycles. The Morgan fingerprint density at radius 1 is 0.950 bits per heavy atom. The lowest BCUT2D eigenvalue weighted by molar-refractivity contribution is -0.131. The van der Waals surface area contributed by atoms with E-state index in [9.17, 15) is 4.79 Å². The summed E-state index contributed by atoms with van der Waals surface area (Å²) < 4.78 is 22.4. The van der Waals surface area contributed by atoms with Gasteiger partial charge in [0.1, 0.15) is 5.75 Å². The molecule has 0 spiro atoms. The first-order valence-electron chi connectivity index (χ1n) is 6.78. The van der Waals surface area contributed by atoms with Crippen LogP contribution >= 0.6 is 0 Å². The van der Waals surface area contributed by atoms with E-state index in [-0.39, 0.29) is 5.97 Å². The first-order valence-corrected chi connectivity index (χ1v) is 8.51. The van der Waals surface area contributed by atoms with Crippen molar-refractivity contribution < 1.29 is 22.8 Å². The molecular weight excluding hydrogens is 276 g/mol. The molecule has 0 saturated carbocycles. The number of esters is 1. The topological polar surface area (TPSA) is 54.0 Å². The van der Waals surface area contributed by atoms with Crippen LogP contribution in [0.5, 0.6) is 5.75 Å². The van der Waals surface area contributed by atoms with Gasteiger partial charge in [0.05, 0.1) is 0 Å². The molecule has 0 aliphatic carbocycles. The number of ether oxygens (including phenoxy) is 1. The second kappa shape index (κ2) is 8.16. The van der Waals surface area contributed by atoms with E-state index in [0.717, 1.165) is 5.19 Å². The third kappa shape index (κ3) is 4.41. The maximum Gasteiger partial charge on any atom is 0.537 e. The predicted molar refractivity (Wildman–Crippen MR) is 78.0 cm³/mol. The van der Waals surface area contributed by atoms with Gasteiger partial charge in [-0.3, -0.25) is 4.79 Å². The van der Waals surface area contributed by atoms with Crippen molar-refractivity contribution in [1.29, 1.82) is 0 Å². The van der Waals surface area contributed by atoms with E-state index >= 15 is 0 Å². The lowest BCUT2D eigenvalue weighted by Crippen LogP contribution is -2.56. The summed E-state index contributed by atoms with van der Waals surface area (Å²) in [5, 5.41) is 0.860. The smallest absolute Gasteiger partial charge is 0.427 e. The zero-order valence-corrected chi connectivity index (χ0v) is 13.5. The fraction of sp³-hybridized carbons (Fsp3) is 0.500. The molecule has 0 aliphatic rings. The molecule has 5 nitrogen and oxygen atoms in total. The molecule has 6 heteroatoms. The molecule has 20 heavy (non-hydrogen) atoms. The Bertz CT molecular complexity index is 401. The molecule has 0 amide bonds. The van der Waals surface area contributed by atoms with Crippen LogP contribution in [0.2, 0.25) is 0 Å². The molecule has 0 aromatic heterocycles. The molecule has 112 valence electrons. The second-order valence-electron chi connectivity index (χ2n) is 3.97. The van der Waals surface area contributed by atoms with Crippen LogP contribution in [-0.2, 0) is 18.1 Å². The van der Waals surface area contributed by atoms with Crippen molar-refractivity contribution in [2.24, 2.45) is 0 Å². The Morgan fingerprint density at radius 3 is 1.75 bits per heavy atom. The summed E-state index contributed by atoms with van der Waals surface area (Å²) in [4.78, 5) is 10.9. The molecule has 0 heterocycles. The first kappa shape index (κ1) is 16.8. The summed E-state index contributed by atoms with van der Waals surface area (Å²) >= 11 is 0. The largest absolute Gasteiger partial charge is 0.537 e. The van der Waals surface area contributed by atoms with E-state index in [4.69, 9.17) is 18.0 Å². The lowest BCUT2D eigenvalue weighted by Gasteiger charge is -2.28. The number of rotatable bonds is 8. The number of carbonyl (C=O) groups excluding carboxylic acids is 1. The summed E-state index contributed by atoms with van der Waals surface area (Å²) in [6.07, 6.45) is 0. The van der Waals surface area contributed by atoms with Crippen LogP contribution in [0.4, 0.5) is 0 Å². The number of benzene rings is 1. The minimum absolute atomic E-state index is 0.347. The fourth-order valence-electron chi connectivity index (χ4n) is 1.84. The van der Waals surface area contributed by atoms with Crippen LogP contribution < -0.4 is 9.92 Å². The van der Waals surface area contributed by atoms with Crippen molar-refractivity contribution in [3.05, 3.63) is 24.3 Å². The molecular formula is C14H22O5Si. The third-order valence-electron chi connectivity index (χ3n) is 2.47. The van der Waals surface area contributed by atoms with Gasteiger partial charge in [-0.15, -0.1) is 0 Å². The molecule has 1 aromatic rings. The van der Waals surface area contributed by atoms with Crippen LogP contribution in [0.15, 0.2) is 24.3 Å². The summed E-state index contributed by atoms with van der Waals surface area (Å²) in [5.74, 6) is 0.148. The van der Waals surface area contributed by atoms with Gasteiger partial charge in [-0.2, -0.15) is 0 Å². The minimum Gasteiger partial charge on any atom is -0.427 e. The SMILES string of the molecule is CCO[Si](OCC)(OCC)c1ccc(OC(C)=O)cc1. The van der Waals surface area contributed by atoms with Crippen LogP contribution in [0, 0.1) is 0 Å². The van der Waals surface area contributed by atoms with E-state index in [1.165, 1.54) is 6.92 Å². The van der Waals surface area contributed by atoms with Crippen LogP contribution in [0.1, 0.15) is 27.7 Å². The van der Waals surface area contributed by atoms with Gasteiger partial charge in [-0.05, 0) is 32.9 Å². The summed E-state index contributed by atoms with van der Waals surface area (Å²) in [5.41, 5.74) is 0. The van der Waals surface area contributed by atoms with Gasteiger partial charge in [0.15, 0.2) is 0 Å². The van der Waals surface area contributed by atoms with E-state index in [0.29, 0.717) is 25.6 Å². The Kier molecular flexibility index (Phi) is 6.87. The Labute approximate surface area is 121 Å². The van der Waals surface area contributed by atoms with E-state index in [1.807, 2.05) is 32.9 Å². The average molecular weight is 298 g/mol. The Balaban J connectivity index is 3.02. The van der Waals surface area contributed by atoms with Gasteiger partial charge in [0.2, 0.25) is 0 Å². The van der Waals surface area contributed by atoms with Crippen LogP contribution in [0.25, 0.3) is 0 Å². The third-order valence-corrected chi connectivity index (χ3v) is 5.52. The Morgan fingerprint density at radius 2 is 1.40 bits per heavy atom. The average Bonchev–Trinajstić information content (AvgIpc) is 2.39. The van der Waals surface area contributed by atoms with Gasteiger partial charge < -0.3 is 18.0 Å². The normalized spacial score (nSPS) is 11.4. The predicted octanol–water partition coefficient (Wildman–Crippen LogP) is 1.87. The quantitative estimate of drug-likeness (QED) is 0.416. The minimum atomic E-state index is -2.87. The van der Waals surface area contributed by atoms with Crippen LogP contribution in [-0.4, -0.2) is 34.6 Å². The van der Waals surface area contributed by atoms with Gasteiger partial charge >= 0.3 is 14.8 Å². The maximum absolute atomic E-state index is 10.9. The van der Waals surface area contributed by atoms with Crippen molar-refractivity contribution in [3.8, 4) is 5.75 Å². The van der Waals surface area contributed by atoms with Crippen molar-refractivity contribution in [3.63, 3.8) is 0 Å². The molecule has 0 fully saturated rings. The first-order chi connectivity index (χ1) is 9.57. The van der Waals surface area contributed by atoms with E-state index < -0.39 is 8.80 Å². The van der Waals surface area contributed by atoms with Crippen LogP contribution in [0.3, 0.4) is 0 Å². The van der Waals surface area contributed by atoms with E-state index in [2.05, 4.69) is 0 Å². The molecule has 0 bridgehead atoms. The zero-order valence-electron chi connectivity index (χ0n) is 12.5. The van der Waals surface area contributed by atoms with Gasteiger partial charge in [0.25, 0.3) is 0 Å². The highest BCUT2D eigenvalue weighted by atomic mass is 28.4. The molecule has 0 unspecified atom stereocenters. The number of carbonyl (C=O) groups is 1. The standard InChI is InChI=1S/C14H22O5Si/c1-5-16-20(17-6-2,18-7-3)14-10-8-13(9-11-14)19-12(4)15/h8-11H,5-7H2,1-4H3. The molecule has 0 aliphatic heterocycles. The van der Waals surface area contributed by atoms with Crippen molar-refractivity contribution in [2.45, 2.75) is 27.7 Å². The van der Waals surface area contributed by atoms with Crippen molar-refractivity contribution >= 4 is 20.0 Å². The summed E-state index contributed by atoms with van der Waals surface area (Å²) in [6, 6.07) is 7.09. The highest BCUT2D eigenvalue weighted by Gasteiger charge is 2.43. The monoisotopic (exact) mass is 298 g/mol. The summed E-state index contributed by atoms with van der Waals surface area (Å²) in [6.45, 7) is 8.63. The number of hydrogen-bond acceptors (Lipinski definition) is 5.